The van der Waals surface area contributed by atoms with Gasteiger partial charge in [-0.3, -0.25) is 0 Å². The van der Waals surface area contributed by atoms with Crippen molar-refractivity contribution in [3.8, 4) is 11.6 Å². The van der Waals surface area contributed by atoms with Gasteiger partial charge in [0, 0.05) is 16.7 Å². The molecule has 164 valence electrons. The van der Waals surface area contributed by atoms with Crippen LogP contribution in [0.25, 0.3) is 5.82 Å². The molecule has 9 nitrogen and oxygen atoms in total. The highest BCUT2D eigenvalue weighted by molar-refractivity contribution is 8.13. The number of carbonyl (C=O) groups is 1. The second-order valence-corrected chi connectivity index (χ2v) is 10.5. The summed E-state index contributed by atoms with van der Waals surface area (Å²) in [6.07, 6.45) is 0.0810. The SMILES string of the molecule is Cc1nn(-c2cc(OC3CN(C(=O)OC(C)(C)C)C3)c(F)cn2)c(C)c1S(=O)(=O)Cl. The average Bonchev–Trinajstić information content (AvgIpc) is 2.84. The smallest absolute Gasteiger partial charge is 0.410 e. The van der Waals surface area contributed by atoms with Crippen molar-refractivity contribution in [2.75, 3.05) is 13.1 Å². The van der Waals surface area contributed by atoms with Gasteiger partial charge in [0.1, 0.15) is 16.6 Å². The number of rotatable bonds is 4. The quantitative estimate of drug-likeness (QED) is 0.646. The summed E-state index contributed by atoms with van der Waals surface area (Å²) in [5, 5.41) is 4.14. The van der Waals surface area contributed by atoms with E-state index < -0.39 is 32.7 Å². The van der Waals surface area contributed by atoms with E-state index in [2.05, 4.69) is 10.1 Å². The Kier molecular flexibility index (Phi) is 5.72. The minimum Gasteiger partial charge on any atom is -0.483 e. The van der Waals surface area contributed by atoms with E-state index in [1.807, 2.05) is 0 Å². The van der Waals surface area contributed by atoms with Gasteiger partial charge in [0.05, 0.1) is 30.7 Å². The molecule has 30 heavy (non-hydrogen) atoms. The minimum absolute atomic E-state index is 0.0864. The molecule has 0 aromatic carbocycles. The topological polar surface area (TPSA) is 104 Å². The van der Waals surface area contributed by atoms with Crippen LogP contribution in [-0.2, 0) is 13.8 Å². The monoisotopic (exact) mass is 460 g/mol. The first-order valence-corrected chi connectivity index (χ1v) is 11.4. The molecule has 0 radical (unpaired) electrons. The van der Waals surface area contributed by atoms with Gasteiger partial charge >= 0.3 is 6.09 Å². The van der Waals surface area contributed by atoms with Gasteiger partial charge in [-0.15, -0.1) is 0 Å². The molecule has 0 saturated carbocycles. The fourth-order valence-electron chi connectivity index (χ4n) is 2.99. The summed E-state index contributed by atoms with van der Waals surface area (Å²) < 4.78 is 49.9. The van der Waals surface area contributed by atoms with Crippen LogP contribution in [0.15, 0.2) is 17.2 Å². The molecule has 0 unspecified atom stereocenters. The number of hydrogen-bond donors (Lipinski definition) is 0. The highest BCUT2D eigenvalue weighted by Gasteiger charge is 2.35. The first-order valence-electron chi connectivity index (χ1n) is 9.07. The summed E-state index contributed by atoms with van der Waals surface area (Å²) in [5.41, 5.74) is -0.167. The summed E-state index contributed by atoms with van der Waals surface area (Å²) in [6, 6.07) is 1.32. The van der Waals surface area contributed by atoms with Gasteiger partial charge in [0.15, 0.2) is 17.4 Å². The number of likely N-dealkylation sites (tertiary alicyclic amines) is 1. The Bertz CT molecular complexity index is 1090. The number of carbonyl (C=O) groups excluding carboxylic acids is 1. The Morgan fingerprint density at radius 1 is 1.30 bits per heavy atom. The molecule has 12 heteroatoms. The summed E-state index contributed by atoms with van der Waals surface area (Å²) in [5.74, 6) is -0.611. The van der Waals surface area contributed by atoms with E-state index in [9.17, 15) is 17.6 Å². The van der Waals surface area contributed by atoms with Crippen molar-refractivity contribution in [1.29, 1.82) is 0 Å². The molecule has 0 bridgehead atoms. The van der Waals surface area contributed by atoms with Crippen molar-refractivity contribution < 1.29 is 27.1 Å². The van der Waals surface area contributed by atoms with Gasteiger partial charge in [-0.05, 0) is 34.6 Å². The first-order chi connectivity index (χ1) is 13.8. The Morgan fingerprint density at radius 3 is 2.47 bits per heavy atom. The van der Waals surface area contributed by atoms with Crippen molar-refractivity contribution in [3.63, 3.8) is 0 Å². The third-order valence-electron chi connectivity index (χ3n) is 4.28. The normalized spacial score (nSPS) is 15.1. The average molecular weight is 461 g/mol. The lowest BCUT2D eigenvalue weighted by Crippen LogP contribution is -2.57. The molecule has 2 aromatic heterocycles. The number of halogens is 2. The van der Waals surface area contributed by atoms with Crippen LogP contribution in [0.1, 0.15) is 32.2 Å². The predicted octanol–water partition coefficient (Wildman–Crippen LogP) is 2.95. The van der Waals surface area contributed by atoms with Crippen molar-refractivity contribution in [2.45, 2.75) is 51.2 Å². The summed E-state index contributed by atoms with van der Waals surface area (Å²) in [4.78, 5) is 17.3. The van der Waals surface area contributed by atoms with Crippen LogP contribution in [0.4, 0.5) is 9.18 Å². The van der Waals surface area contributed by atoms with Gasteiger partial charge < -0.3 is 14.4 Å². The first kappa shape index (κ1) is 22.3. The molecule has 1 fully saturated rings. The zero-order valence-corrected chi connectivity index (χ0v) is 18.7. The van der Waals surface area contributed by atoms with Crippen LogP contribution < -0.4 is 4.74 Å². The molecule has 2 aromatic rings. The second-order valence-electron chi connectivity index (χ2n) is 7.95. The van der Waals surface area contributed by atoms with Gasteiger partial charge in [0.25, 0.3) is 9.05 Å². The maximum atomic E-state index is 14.2. The number of hydrogen-bond acceptors (Lipinski definition) is 7. The fraction of sp³-hybridized carbons (Fsp3) is 0.500. The molecule has 0 atom stereocenters. The van der Waals surface area contributed by atoms with E-state index in [4.69, 9.17) is 20.2 Å². The van der Waals surface area contributed by atoms with E-state index in [0.29, 0.717) is 0 Å². The van der Waals surface area contributed by atoms with E-state index in [1.165, 1.54) is 29.5 Å². The summed E-state index contributed by atoms with van der Waals surface area (Å²) >= 11 is 0. The van der Waals surface area contributed by atoms with E-state index in [-0.39, 0.29) is 40.9 Å². The highest BCUT2D eigenvalue weighted by Crippen LogP contribution is 2.28. The van der Waals surface area contributed by atoms with Gasteiger partial charge in [-0.1, -0.05) is 0 Å². The Balaban J connectivity index is 1.76. The third kappa shape index (κ3) is 4.67. The fourth-order valence-corrected chi connectivity index (χ4v) is 4.49. The molecular weight excluding hydrogens is 439 g/mol. The molecule has 0 N–H and O–H groups in total. The van der Waals surface area contributed by atoms with Crippen molar-refractivity contribution in [2.24, 2.45) is 0 Å². The second kappa shape index (κ2) is 7.69. The molecule has 0 spiro atoms. The van der Waals surface area contributed by atoms with E-state index >= 15 is 0 Å². The number of aromatic nitrogens is 3. The largest absolute Gasteiger partial charge is 0.483 e. The van der Waals surface area contributed by atoms with Gasteiger partial charge in [0.2, 0.25) is 0 Å². The molecule has 1 amide bonds. The Morgan fingerprint density at radius 2 is 1.93 bits per heavy atom. The van der Waals surface area contributed by atoms with Crippen molar-refractivity contribution in [3.05, 3.63) is 29.5 Å². The van der Waals surface area contributed by atoms with Crippen molar-refractivity contribution in [1.82, 2.24) is 19.7 Å². The van der Waals surface area contributed by atoms with Crippen LogP contribution >= 0.6 is 10.7 Å². The predicted molar refractivity (Wildman–Crippen MR) is 106 cm³/mol. The zero-order chi connectivity index (χ0) is 22.4. The molecule has 3 rings (SSSR count). The highest BCUT2D eigenvalue weighted by atomic mass is 35.7. The van der Waals surface area contributed by atoms with Gasteiger partial charge in [-0.25, -0.2) is 27.3 Å². The molecule has 0 aliphatic carbocycles. The van der Waals surface area contributed by atoms with Gasteiger partial charge in [-0.2, -0.15) is 5.10 Å². The van der Waals surface area contributed by atoms with Crippen LogP contribution in [0, 0.1) is 19.7 Å². The molecular formula is C18H22ClFN4O5S. The molecule has 1 saturated heterocycles. The van der Waals surface area contributed by atoms with Crippen LogP contribution in [0.3, 0.4) is 0 Å². The lowest BCUT2D eigenvalue weighted by Gasteiger charge is -2.39. The number of nitrogens with zero attached hydrogens (tertiary/aromatic N) is 4. The summed E-state index contributed by atoms with van der Waals surface area (Å²) in [7, 11) is 1.47. The third-order valence-corrected chi connectivity index (χ3v) is 5.83. The van der Waals surface area contributed by atoms with Crippen molar-refractivity contribution >= 4 is 25.8 Å². The molecule has 3 heterocycles. The van der Waals surface area contributed by atoms with Crippen LogP contribution in [-0.4, -0.2) is 59.0 Å². The molecule has 1 aliphatic heterocycles. The Hall–Kier alpha value is -2.40. The van der Waals surface area contributed by atoms with Crippen LogP contribution in [0.2, 0.25) is 0 Å². The lowest BCUT2D eigenvalue weighted by atomic mass is 10.1. The molecule has 1 aliphatic rings. The zero-order valence-electron chi connectivity index (χ0n) is 17.1. The number of aryl methyl sites for hydroxylation is 1. The number of ether oxygens (including phenoxy) is 2. The minimum atomic E-state index is -4.00. The Labute approximate surface area is 178 Å². The number of amides is 1. The standard InChI is InChI=1S/C18H22ClFN4O5S/c1-10-16(30(19,26)27)11(2)24(22-10)15-6-14(13(20)7-21-15)28-12-8-23(9-12)17(25)29-18(3,4)5/h6-7,12H,8-9H2,1-5H3. The number of pyridine rings is 1. The summed E-state index contributed by atoms with van der Waals surface area (Å²) in [6.45, 7) is 8.83. The van der Waals surface area contributed by atoms with E-state index in [0.717, 1.165) is 6.20 Å². The van der Waals surface area contributed by atoms with E-state index in [1.54, 1.807) is 20.8 Å². The lowest BCUT2D eigenvalue weighted by molar-refractivity contribution is -0.0229. The van der Waals surface area contributed by atoms with Crippen LogP contribution in [0.5, 0.6) is 5.75 Å². The maximum absolute atomic E-state index is 14.2. The maximum Gasteiger partial charge on any atom is 0.410 e.